The van der Waals surface area contributed by atoms with E-state index in [-0.39, 0.29) is 5.97 Å². The number of nitriles is 1. The Labute approximate surface area is 137 Å². The maximum atomic E-state index is 12.6. The lowest BCUT2D eigenvalue weighted by molar-refractivity contribution is -0.156. The largest absolute Gasteiger partial charge is 0.459 e. The Morgan fingerprint density at radius 3 is 2.70 bits per heavy atom. The molecule has 0 aliphatic heterocycles. The van der Waals surface area contributed by atoms with Gasteiger partial charge in [-0.25, -0.2) is 0 Å². The zero-order valence-corrected chi connectivity index (χ0v) is 14.1. The molecule has 1 aromatic carbocycles. The van der Waals surface area contributed by atoms with Crippen LogP contribution in [0.1, 0.15) is 50.8 Å². The third kappa shape index (κ3) is 4.29. The molecule has 0 fully saturated rings. The fourth-order valence-electron chi connectivity index (χ4n) is 2.56. The van der Waals surface area contributed by atoms with Gasteiger partial charge in [0.1, 0.15) is 5.60 Å². The van der Waals surface area contributed by atoms with Crippen molar-refractivity contribution in [3.05, 3.63) is 41.6 Å². The van der Waals surface area contributed by atoms with Crippen molar-refractivity contribution < 1.29 is 9.53 Å². The van der Waals surface area contributed by atoms with Gasteiger partial charge in [0.05, 0.1) is 17.5 Å². The van der Waals surface area contributed by atoms with Crippen LogP contribution in [0.4, 0.5) is 0 Å². The topological polar surface area (TPSA) is 63.0 Å². The molecule has 0 radical (unpaired) electrons. The van der Waals surface area contributed by atoms with Crippen LogP contribution >= 0.6 is 0 Å². The second-order valence-corrected chi connectivity index (χ2v) is 6.64. The van der Waals surface area contributed by atoms with E-state index in [0.717, 1.165) is 22.2 Å². The van der Waals surface area contributed by atoms with Crippen LogP contribution in [-0.2, 0) is 9.53 Å². The second kappa shape index (κ2) is 6.78. The maximum absolute atomic E-state index is 12.6. The minimum atomic E-state index is -0.555. The number of hydrogen-bond acceptors (Lipinski definition) is 4. The first-order valence-electron chi connectivity index (χ1n) is 7.78. The van der Waals surface area contributed by atoms with E-state index in [2.05, 4.69) is 11.1 Å². The Hall–Kier alpha value is -2.41. The van der Waals surface area contributed by atoms with Gasteiger partial charge in [-0.05, 0) is 51.8 Å². The summed E-state index contributed by atoms with van der Waals surface area (Å²) in [5.74, 6) is -0.765. The number of carbonyl (C=O) groups excluding carboxylic acids is 1. The van der Waals surface area contributed by atoms with Gasteiger partial charge in [0, 0.05) is 17.5 Å². The highest BCUT2D eigenvalue weighted by Crippen LogP contribution is 2.29. The molecule has 1 unspecified atom stereocenters. The van der Waals surface area contributed by atoms with Gasteiger partial charge < -0.3 is 4.74 Å². The molecule has 2 rings (SSSR count). The number of aromatic nitrogens is 1. The van der Waals surface area contributed by atoms with E-state index in [4.69, 9.17) is 10.00 Å². The molecule has 0 bridgehead atoms. The predicted molar refractivity (Wildman–Crippen MR) is 89.9 cm³/mol. The summed E-state index contributed by atoms with van der Waals surface area (Å²) in [7, 11) is 0. The summed E-state index contributed by atoms with van der Waals surface area (Å²) in [5, 5.41) is 9.88. The molecule has 0 saturated carbocycles. The number of benzene rings is 1. The van der Waals surface area contributed by atoms with E-state index < -0.39 is 11.5 Å². The van der Waals surface area contributed by atoms with Gasteiger partial charge in [-0.1, -0.05) is 18.2 Å². The number of para-hydroxylation sites is 1. The first kappa shape index (κ1) is 17.0. The van der Waals surface area contributed by atoms with E-state index >= 15 is 0 Å². The fourth-order valence-corrected chi connectivity index (χ4v) is 2.56. The highest BCUT2D eigenvalue weighted by molar-refractivity contribution is 5.84. The van der Waals surface area contributed by atoms with Crippen LogP contribution in [0.25, 0.3) is 10.9 Å². The molecule has 4 nitrogen and oxygen atoms in total. The second-order valence-electron chi connectivity index (χ2n) is 6.64. The summed E-state index contributed by atoms with van der Waals surface area (Å²) in [6.45, 7) is 7.43. The molecule has 23 heavy (non-hydrogen) atoms. The van der Waals surface area contributed by atoms with Crippen molar-refractivity contribution in [2.24, 2.45) is 0 Å². The van der Waals surface area contributed by atoms with Crippen LogP contribution in [0.3, 0.4) is 0 Å². The first-order valence-corrected chi connectivity index (χ1v) is 7.78. The van der Waals surface area contributed by atoms with Gasteiger partial charge in [0.15, 0.2) is 0 Å². The van der Waals surface area contributed by atoms with Crippen molar-refractivity contribution >= 4 is 16.9 Å². The standard InChI is InChI=1S/C19H22N2O2/c1-13-16(12-14-8-5-6-10-17(14)21-13)15(9-7-11-20)18(22)23-19(2,3)4/h5-6,8,10,12,15H,7,9H2,1-4H3. The van der Waals surface area contributed by atoms with Gasteiger partial charge in [-0.3, -0.25) is 9.78 Å². The van der Waals surface area contributed by atoms with E-state index in [1.54, 1.807) is 0 Å². The molecule has 1 atom stereocenters. The molecule has 1 heterocycles. The van der Waals surface area contributed by atoms with Crippen molar-refractivity contribution in [2.75, 3.05) is 0 Å². The molecule has 0 aliphatic rings. The Morgan fingerprint density at radius 2 is 2.04 bits per heavy atom. The monoisotopic (exact) mass is 310 g/mol. The van der Waals surface area contributed by atoms with E-state index in [1.165, 1.54) is 0 Å². The molecule has 1 aromatic heterocycles. The van der Waals surface area contributed by atoms with Crippen LogP contribution in [0.2, 0.25) is 0 Å². The number of fused-ring (bicyclic) bond motifs is 1. The van der Waals surface area contributed by atoms with Crippen molar-refractivity contribution in [2.45, 2.75) is 52.1 Å². The van der Waals surface area contributed by atoms with E-state index in [0.29, 0.717) is 12.8 Å². The van der Waals surface area contributed by atoms with Crippen molar-refractivity contribution in [1.29, 1.82) is 5.26 Å². The number of esters is 1. The fraction of sp³-hybridized carbons (Fsp3) is 0.421. The number of nitrogens with zero attached hydrogens (tertiary/aromatic N) is 2. The van der Waals surface area contributed by atoms with Crippen LogP contribution in [0, 0.1) is 18.3 Å². The zero-order valence-electron chi connectivity index (χ0n) is 14.1. The van der Waals surface area contributed by atoms with Crippen molar-refractivity contribution in [3.63, 3.8) is 0 Å². The molecular weight excluding hydrogens is 288 g/mol. The van der Waals surface area contributed by atoms with Crippen LogP contribution in [0.15, 0.2) is 30.3 Å². The summed E-state index contributed by atoms with van der Waals surface area (Å²) in [6, 6.07) is 11.9. The molecule has 0 spiro atoms. The quantitative estimate of drug-likeness (QED) is 0.791. The van der Waals surface area contributed by atoms with Crippen molar-refractivity contribution in [1.82, 2.24) is 4.98 Å². The highest BCUT2D eigenvalue weighted by Gasteiger charge is 2.28. The SMILES string of the molecule is Cc1nc2ccccc2cc1C(CCC#N)C(=O)OC(C)(C)C. The number of aryl methyl sites for hydroxylation is 1. The highest BCUT2D eigenvalue weighted by atomic mass is 16.6. The molecular formula is C19H22N2O2. The average Bonchev–Trinajstić information content (AvgIpc) is 2.46. The zero-order chi connectivity index (χ0) is 17.0. The van der Waals surface area contributed by atoms with Crippen molar-refractivity contribution in [3.8, 4) is 6.07 Å². The summed E-state index contributed by atoms with van der Waals surface area (Å²) in [5.41, 5.74) is 1.99. The number of rotatable bonds is 4. The molecule has 4 heteroatoms. The minimum Gasteiger partial charge on any atom is -0.459 e. The lowest BCUT2D eigenvalue weighted by atomic mass is 9.92. The molecule has 0 N–H and O–H groups in total. The molecule has 0 amide bonds. The van der Waals surface area contributed by atoms with Gasteiger partial charge in [-0.2, -0.15) is 5.26 Å². The third-order valence-corrected chi connectivity index (χ3v) is 3.57. The normalized spacial score (nSPS) is 12.7. The van der Waals surface area contributed by atoms with Crippen LogP contribution in [-0.4, -0.2) is 16.6 Å². The summed E-state index contributed by atoms with van der Waals surface area (Å²) in [6.07, 6.45) is 0.739. The Balaban J connectivity index is 2.44. The number of hydrogen-bond donors (Lipinski definition) is 0. The third-order valence-electron chi connectivity index (χ3n) is 3.57. The average molecular weight is 310 g/mol. The molecule has 0 saturated heterocycles. The summed E-state index contributed by atoms with van der Waals surface area (Å²) >= 11 is 0. The minimum absolute atomic E-state index is 0.298. The first-order chi connectivity index (χ1) is 10.8. The summed E-state index contributed by atoms with van der Waals surface area (Å²) in [4.78, 5) is 17.2. The Bertz CT molecular complexity index is 754. The van der Waals surface area contributed by atoms with Gasteiger partial charge in [0.25, 0.3) is 0 Å². The lowest BCUT2D eigenvalue weighted by Gasteiger charge is -2.24. The molecule has 0 aliphatic carbocycles. The van der Waals surface area contributed by atoms with Gasteiger partial charge in [-0.15, -0.1) is 0 Å². The maximum Gasteiger partial charge on any atom is 0.314 e. The summed E-state index contributed by atoms with van der Waals surface area (Å²) < 4.78 is 5.54. The number of ether oxygens (including phenoxy) is 1. The molecule has 2 aromatic rings. The van der Waals surface area contributed by atoms with Gasteiger partial charge >= 0.3 is 5.97 Å². The van der Waals surface area contributed by atoms with E-state index in [9.17, 15) is 4.79 Å². The van der Waals surface area contributed by atoms with E-state index in [1.807, 2.05) is 58.0 Å². The van der Waals surface area contributed by atoms with Crippen LogP contribution < -0.4 is 0 Å². The number of pyridine rings is 1. The predicted octanol–water partition coefficient (Wildman–Crippen LogP) is 4.27. The Morgan fingerprint density at radius 1 is 1.35 bits per heavy atom. The smallest absolute Gasteiger partial charge is 0.314 e. The van der Waals surface area contributed by atoms with Crippen LogP contribution in [0.5, 0.6) is 0 Å². The Kier molecular flexibility index (Phi) is 5.00. The molecule has 120 valence electrons. The lowest BCUT2D eigenvalue weighted by Crippen LogP contribution is -2.28. The van der Waals surface area contributed by atoms with Gasteiger partial charge in [0.2, 0.25) is 0 Å². The number of carbonyl (C=O) groups is 1.